The summed E-state index contributed by atoms with van der Waals surface area (Å²) in [6.45, 7) is 1.93. The minimum atomic E-state index is -0.111. The maximum atomic E-state index is 12.6. The Morgan fingerprint density at radius 3 is 2.73 bits per heavy atom. The number of amides is 1. The van der Waals surface area contributed by atoms with Crippen molar-refractivity contribution < 1.29 is 4.79 Å². The second-order valence-corrected chi connectivity index (χ2v) is 9.40. The number of anilines is 1. The van der Waals surface area contributed by atoms with E-state index in [0.29, 0.717) is 34.2 Å². The second kappa shape index (κ2) is 9.55. The smallest absolute Gasteiger partial charge is 0.228 e. The number of nitrogens with zero attached hydrogens (tertiary/aromatic N) is 7. The number of H-pyrrole nitrogens is 2. The number of imidazole rings is 2. The maximum absolute atomic E-state index is 12.6. The lowest BCUT2D eigenvalue weighted by atomic mass is 10.1. The average Bonchev–Trinajstić information content (AvgIpc) is 3.71. The first kappa shape index (κ1) is 23.4. The fourth-order valence-corrected chi connectivity index (χ4v) is 4.65. The molecule has 0 spiro atoms. The van der Waals surface area contributed by atoms with Crippen molar-refractivity contribution in [3.05, 3.63) is 97.1 Å². The molecule has 0 radical (unpaired) electrons. The van der Waals surface area contributed by atoms with E-state index in [1.54, 1.807) is 31.1 Å². The van der Waals surface area contributed by atoms with Crippen LogP contribution in [0.15, 0.2) is 85.8 Å². The Morgan fingerprint density at radius 2 is 1.88 bits per heavy atom. The van der Waals surface area contributed by atoms with Gasteiger partial charge >= 0.3 is 0 Å². The molecule has 40 heavy (non-hydrogen) atoms. The molecule has 0 atom stereocenters. The molecule has 0 unspecified atom stereocenters. The standard InChI is InChI=1S/C29H22N10O/c1-17-15-39(16-33-17)29-26-23(7-8-31-29)35-28(36-26)25-22-11-20(13-32-27(22)38-37-25)19-10-21(14-30-12-19)34-24(40)9-18-5-3-2-4-6-18/h2-8,10-16H,9H2,1H3,(H,34,40)(H,35,36)(H,32,37,38). The number of rotatable bonds is 6. The lowest BCUT2D eigenvalue weighted by Crippen LogP contribution is -2.14. The summed E-state index contributed by atoms with van der Waals surface area (Å²) in [4.78, 5) is 38.5. The number of benzene rings is 1. The highest BCUT2D eigenvalue weighted by molar-refractivity contribution is 5.95. The lowest BCUT2D eigenvalue weighted by molar-refractivity contribution is -0.115. The second-order valence-electron chi connectivity index (χ2n) is 9.40. The highest BCUT2D eigenvalue weighted by Crippen LogP contribution is 2.30. The van der Waals surface area contributed by atoms with Gasteiger partial charge in [0.25, 0.3) is 0 Å². The normalized spacial score (nSPS) is 11.3. The maximum Gasteiger partial charge on any atom is 0.228 e. The molecule has 6 heterocycles. The molecule has 1 amide bonds. The number of hydrogen-bond donors (Lipinski definition) is 3. The van der Waals surface area contributed by atoms with Crippen LogP contribution in [0.5, 0.6) is 0 Å². The highest BCUT2D eigenvalue weighted by Gasteiger charge is 2.17. The van der Waals surface area contributed by atoms with Crippen molar-refractivity contribution in [3.63, 3.8) is 0 Å². The van der Waals surface area contributed by atoms with Gasteiger partial charge in [-0.25, -0.2) is 19.9 Å². The van der Waals surface area contributed by atoms with Crippen LogP contribution in [0.2, 0.25) is 0 Å². The molecule has 1 aromatic carbocycles. The SMILES string of the molecule is Cc1cn(-c2nccc3[nH]c(-c4n[nH]c5ncc(-c6cncc(NC(=O)Cc7ccccc7)c6)cc45)nc23)cn1. The summed E-state index contributed by atoms with van der Waals surface area (Å²) in [6, 6.07) is 15.4. The third-order valence-corrected chi connectivity index (χ3v) is 6.54. The van der Waals surface area contributed by atoms with Crippen LogP contribution in [-0.4, -0.2) is 50.6 Å². The molecule has 6 aromatic heterocycles. The van der Waals surface area contributed by atoms with E-state index in [2.05, 4.69) is 40.4 Å². The molecule has 0 aliphatic carbocycles. The monoisotopic (exact) mass is 526 g/mol. The summed E-state index contributed by atoms with van der Waals surface area (Å²) in [7, 11) is 0. The molecular weight excluding hydrogens is 504 g/mol. The van der Waals surface area contributed by atoms with E-state index in [9.17, 15) is 4.79 Å². The molecule has 0 aliphatic rings. The van der Waals surface area contributed by atoms with Gasteiger partial charge in [0.1, 0.15) is 17.5 Å². The van der Waals surface area contributed by atoms with Crippen molar-refractivity contribution in [3.8, 4) is 28.5 Å². The van der Waals surface area contributed by atoms with Crippen molar-refractivity contribution in [2.75, 3.05) is 5.32 Å². The van der Waals surface area contributed by atoms with Crippen molar-refractivity contribution >= 4 is 33.7 Å². The summed E-state index contributed by atoms with van der Waals surface area (Å²) < 4.78 is 1.85. The minimum absolute atomic E-state index is 0.111. The van der Waals surface area contributed by atoms with E-state index in [1.807, 2.05) is 66.2 Å². The van der Waals surface area contributed by atoms with Crippen LogP contribution in [0.3, 0.4) is 0 Å². The molecule has 0 saturated carbocycles. The molecule has 0 fully saturated rings. The zero-order chi connectivity index (χ0) is 27.1. The molecule has 0 bridgehead atoms. The summed E-state index contributed by atoms with van der Waals surface area (Å²) >= 11 is 0. The predicted molar refractivity (Wildman–Crippen MR) is 151 cm³/mol. The van der Waals surface area contributed by atoms with E-state index >= 15 is 0 Å². The Balaban J connectivity index is 1.21. The summed E-state index contributed by atoms with van der Waals surface area (Å²) in [5.41, 5.74) is 6.88. The number of pyridine rings is 3. The van der Waals surface area contributed by atoms with E-state index < -0.39 is 0 Å². The third kappa shape index (κ3) is 4.35. The number of fused-ring (bicyclic) bond motifs is 2. The van der Waals surface area contributed by atoms with Crippen molar-refractivity contribution in [1.82, 2.24) is 44.7 Å². The predicted octanol–water partition coefficient (Wildman–Crippen LogP) is 4.63. The first-order valence-corrected chi connectivity index (χ1v) is 12.6. The Hall–Kier alpha value is -5.71. The van der Waals surface area contributed by atoms with E-state index in [1.165, 1.54) is 0 Å². The number of nitrogens with one attached hydrogen (secondary N) is 3. The lowest BCUT2D eigenvalue weighted by Gasteiger charge is -2.07. The molecule has 0 saturated heterocycles. The zero-order valence-electron chi connectivity index (χ0n) is 21.3. The van der Waals surface area contributed by atoms with Crippen molar-refractivity contribution in [1.29, 1.82) is 0 Å². The Kier molecular flexibility index (Phi) is 5.59. The Labute approximate surface area is 227 Å². The largest absolute Gasteiger partial charge is 0.336 e. The van der Waals surface area contributed by atoms with Gasteiger partial charge in [-0.05, 0) is 30.7 Å². The topological polar surface area (TPSA) is 143 Å². The van der Waals surface area contributed by atoms with Gasteiger partial charge in [-0.15, -0.1) is 0 Å². The fraction of sp³-hybridized carbons (Fsp3) is 0.0690. The summed E-state index contributed by atoms with van der Waals surface area (Å²) in [6.07, 6.45) is 10.8. The van der Waals surface area contributed by atoms with Crippen LogP contribution in [-0.2, 0) is 11.2 Å². The molecular formula is C29H22N10O. The number of aryl methyl sites for hydroxylation is 1. The Bertz CT molecular complexity index is 2000. The third-order valence-electron chi connectivity index (χ3n) is 6.54. The average molecular weight is 527 g/mol. The van der Waals surface area contributed by atoms with Gasteiger partial charge in [-0.3, -0.25) is 19.4 Å². The van der Waals surface area contributed by atoms with Crippen LogP contribution in [0.1, 0.15) is 11.3 Å². The van der Waals surface area contributed by atoms with E-state index in [0.717, 1.165) is 33.3 Å². The van der Waals surface area contributed by atoms with Crippen LogP contribution >= 0.6 is 0 Å². The van der Waals surface area contributed by atoms with Crippen LogP contribution in [0, 0.1) is 6.92 Å². The first-order chi connectivity index (χ1) is 19.6. The van der Waals surface area contributed by atoms with E-state index in [4.69, 9.17) is 4.98 Å². The molecule has 0 aliphatic heterocycles. The van der Waals surface area contributed by atoms with Crippen LogP contribution < -0.4 is 5.32 Å². The molecule has 11 nitrogen and oxygen atoms in total. The number of carbonyl (C=O) groups is 1. The molecule has 7 rings (SSSR count). The van der Waals surface area contributed by atoms with Gasteiger partial charge in [0.05, 0.1) is 34.9 Å². The first-order valence-electron chi connectivity index (χ1n) is 12.6. The number of aromatic amines is 2. The Morgan fingerprint density at radius 1 is 1.00 bits per heavy atom. The van der Waals surface area contributed by atoms with Gasteiger partial charge < -0.3 is 10.3 Å². The molecule has 3 N–H and O–H groups in total. The zero-order valence-corrected chi connectivity index (χ0v) is 21.3. The summed E-state index contributed by atoms with van der Waals surface area (Å²) in [5.74, 6) is 1.16. The molecule has 11 heteroatoms. The molecule has 7 aromatic rings. The number of carbonyl (C=O) groups excluding carboxylic acids is 1. The quantitative estimate of drug-likeness (QED) is 0.287. The van der Waals surface area contributed by atoms with Gasteiger partial charge in [-0.2, -0.15) is 5.10 Å². The van der Waals surface area contributed by atoms with Gasteiger partial charge in [0.15, 0.2) is 17.3 Å². The van der Waals surface area contributed by atoms with E-state index in [-0.39, 0.29) is 12.3 Å². The molecule has 194 valence electrons. The fourth-order valence-electron chi connectivity index (χ4n) is 4.65. The van der Waals surface area contributed by atoms with Crippen LogP contribution in [0.4, 0.5) is 5.69 Å². The highest BCUT2D eigenvalue weighted by atomic mass is 16.1. The van der Waals surface area contributed by atoms with Crippen molar-refractivity contribution in [2.45, 2.75) is 13.3 Å². The number of hydrogen-bond acceptors (Lipinski definition) is 7. The number of aromatic nitrogens is 9. The van der Waals surface area contributed by atoms with Gasteiger partial charge in [0.2, 0.25) is 5.91 Å². The minimum Gasteiger partial charge on any atom is -0.336 e. The summed E-state index contributed by atoms with van der Waals surface area (Å²) in [5, 5.41) is 11.2. The van der Waals surface area contributed by atoms with Crippen molar-refractivity contribution in [2.24, 2.45) is 0 Å². The van der Waals surface area contributed by atoms with Crippen LogP contribution in [0.25, 0.3) is 50.5 Å². The van der Waals surface area contributed by atoms with Gasteiger partial charge in [-0.1, -0.05) is 30.3 Å². The van der Waals surface area contributed by atoms with Gasteiger partial charge in [0, 0.05) is 35.9 Å².